The van der Waals surface area contributed by atoms with Crippen molar-refractivity contribution in [2.24, 2.45) is 0 Å². The second-order valence-corrected chi connectivity index (χ2v) is 6.07. The summed E-state index contributed by atoms with van der Waals surface area (Å²) in [5, 5.41) is 8.96. The molecular formula is C18H22N2O5. The number of amides is 1. The lowest BCUT2D eigenvalue weighted by atomic mass is 10.1. The highest BCUT2D eigenvalue weighted by Gasteiger charge is 2.25. The van der Waals surface area contributed by atoms with Crippen molar-refractivity contribution in [2.75, 3.05) is 46.4 Å². The topological polar surface area (TPSA) is 79.3 Å². The first-order chi connectivity index (χ1) is 12.1. The van der Waals surface area contributed by atoms with Crippen LogP contribution in [0.1, 0.15) is 22.3 Å². The zero-order chi connectivity index (χ0) is 17.8. The number of Topliss-reactive ketones (excluding diaryl/α,β-unsaturated/α-hetero) is 1. The second kappa shape index (κ2) is 7.57. The molecule has 0 unspecified atom stereocenters. The van der Waals surface area contributed by atoms with Gasteiger partial charge < -0.3 is 19.5 Å². The van der Waals surface area contributed by atoms with E-state index in [4.69, 9.17) is 14.6 Å². The van der Waals surface area contributed by atoms with E-state index in [2.05, 4.69) is 4.90 Å². The highest BCUT2D eigenvalue weighted by molar-refractivity contribution is 6.03. The predicted octanol–water partition coefficient (Wildman–Crippen LogP) is 1.97. The lowest BCUT2D eigenvalue weighted by molar-refractivity contribution is 0.0960. The van der Waals surface area contributed by atoms with Crippen LogP contribution in [0.15, 0.2) is 18.2 Å². The summed E-state index contributed by atoms with van der Waals surface area (Å²) in [7, 11) is 1.60. The molecule has 0 saturated carbocycles. The van der Waals surface area contributed by atoms with E-state index in [0.717, 1.165) is 31.6 Å². The number of carboxylic acid groups (broad SMARTS) is 1. The van der Waals surface area contributed by atoms with Crippen molar-refractivity contribution < 1.29 is 24.2 Å². The fourth-order valence-corrected chi connectivity index (χ4v) is 3.13. The molecule has 0 bridgehead atoms. The molecule has 2 heterocycles. The Hall–Kier alpha value is -2.54. The monoisotopic (exact) mass is 346 g/mol. The third-order valence-electron chi connectivity index (χ3n) is 4.56. The van der Waals surface area contributed by atoms with Gasteiger partial charge in [0.2, 0.25) is 5.78 Å². The highest BCUT2D eigenvalue weighted by atomic mass is 16.5. The van der Waals surface area contributed by atoms with Gasteiger partial charge >= 0.3 is 6.09 Å². The number of piperazine rings is 1. The Kier molecular flexibility index (Phi) is 5.23. The van der Waals surface area contributed by atoms with Gasteiger partial charge in [-0.25, -0.2) is 4.79 Å². The van der Waals surface area contributed by atoms with Gasteiger partial charge in [0.25, 0.3) is 0 Å². The molecule has 0 atom stereocenters. The van der Waals surface area contributed by atoms with Crippen molar-refractivity contribution >= 4 is 18.0 Å². The Morgan fingerprint density at radius 2 is 2.08 bits per heavy atom. The molecule has 0 aromatic heterocycles. The van der Waals surface area contributed by atoms with Crippen molar-refractivity contribution in [3.05, 3.63) is 29.3 Å². The Bertz CT molecular complexity index is 693. The Labute approximate surface area is 146 Å². The van der Waals surface area contributed by atoms with Crippen molar-refractivity contribution in [3.8, 4) is 11.5 Å². The Balaban J connectivity index is 1.58. The normalized spacial score (nSPS) is 17.6. The predicted molar refractivity (Wildman–Crippen MR) is 92.5 cm³/mol. The lowest BCUT2D eigenvalue weighted by Crippen LogP contribution is -2.48. The molecule has 134 valence electrons. The first kappa shape index (κ1) is 17.3. The lowest BCUT2D eigenvalue weighted by Gasteiger charge is -2.32. The molecule has 2 aliphatic rings. The summed E-state index contributed by atoms with van der Waals surface area (Å²) in [4.78, 5) is 26.4. The molecule has 1 aromatic carbocycles. The summed E-state index contributed by atoms with van der Waals surface area (Å²) in [6.07, 6.45) is 3.95. The fourth-order valence-electron chi connectivity index (χ4n) is 3.13. The van der Waals surface area contributed by atoms with Gasteiger partial charge in [0.1, 0.15) is 11.5 Å². The third kappa shape index (κ3) is 3.76. The minimum absolute atomic E-state index is 0.0106. The van der Waals surface area contributed by atoms with Gasteiger partial charge in [-0.05, 0) is 18.6 Å². The quantitative estimate of drug-likeness (QED) is 0.878. The van der Waals surface area contributed by atoms with Crippen LogP contribution in [-0.2, 0) is 0 Å². The molecule has 3 rings (SSSR count). The number of hydrogen-bond donors (Lipinski definition) is 1. The van der Waals surface area contributed by atoms with Crippen molar-refractivity contribution in [1.82, 2.24) is 9.80 Å². The van der Waals surface area contributed by atoms with Crippen LogP contribution < -0.4 is 9.47 Å². The number of carbonyl (C=O) groups is 2. The number of benzene rings is 1. The van der Waals surface area contributed by atoms with Gasteiger partial charge in [0.05, 0.1) is 18.2 Å². The maximum Gasteiger partial charge on any atom is 0.407 e. The molecule has 1 N–H and O–H groups in total. The number of carbonyl (C=O) groups excluding carboxylic acids is 1. The maximum absolute atomic E-state index is 11.8. The molecule has 1 amide bonds. The van der Waals surface area contributed by atoms with Crippen LogP contribution in [0, 0.1) is 0 Å². The van der Waals surface area contributed by atoms with E-state index < -0.39 is 6.09 Å². The zero-order valence-corrected chi connectivity index (χ0v) is 14.2. The van der Waals surface area contributed by atoms with Crippen molar-refractivity contribution in [1.29, 1.82) is 0 Å². The van der Waals surface area contributed by atoms with Crippen LogP contribution >= 0.6 is 0 Å². The maximum atomic E-state index is 11.8. The summed E-state index contributed by atoms with van der Waals surface area (Å²) >= 11 is 0. The SMILES string of the molecule is COc1ccc2c(c1C=CCCN1CCN(C(=O)O)CC1)OCC2=O. The minimum Gasteiger partial charge on any atom is -0.496 e. The van der Waals surface area contributed by atoms with Gasteiger partial charge in [-0.1, -0.05) is 12.2 Å². The van der Waals surface area contributed by atoms with Crippen molar-refractivity contribution in [2.45, 2.75) is 6.42 Å². The molecule has 1 saturated heterocycles. The number of nitrogens with zero attached hydrogens (tertiary/aromatic N) is 2. The second-order valence-electron chi connectivity index (χ2n) is 6.07. The largest absolute Gasteiger partial charge is 0.496 e. The average Bonchev–Trinajstić information content (AvgIpc) is 3.00. The number of rotatable bonds is 5. The number of fused-ring (bicyclic) bond motifs is 1. The van der Waals surface area contributed by atoms with Crippen LogP contribution in [0.3, 0.4) is 0 Å². The van der Waals surface area contributed by atoms with E-state index in [0.29, 0.717) is 30.2 Å². The molecule has 1 aromatic rings. The van der Waals surface area contributed by atoms with Gasteiger partial charge in [-0.3, -0.25) is 9.69 Å². The summed E-state index contributed by atoms with van der Waals surface area (Å²) in [6.45, 7) is 3.55. The molecular weight excluding hydrogens is 324 g/mol. The first-order valence-corrected chi connectivity index (χ1v) is 8.34. The number of methoxy groups -OCH3 is 1. The standard InChI is InChI=1S/C18H22N2O5/c1-24-16-6-5-13-15(21)12-25-17(13)14(16)4-2-3-7-19-8-10-20(11-9-19)18(22)23/h2,4-6H,3,7-12H2,1H3,(H,22,23). The van der Waals surface area contributed by atoms with E-state index in [1.165, 1.54) is 4.90 Å². The van der Waals surface area contributed by atoms with Gasteiger partial charge in [0.15, 0.2) is 6.61 Å². The molecule has 0 spiro atoms. The molecule has 1 fully saturated rings. The highest BCUT2D eigenvalue weighted by Crippen LogP contribution is 2.37. The number of ether oxygens (including phenoxy) is 2. The molecule has 2 aliphatic heterocycles. The van der Waals surface area contributed by atoms with E-state index >= 15 is 0 Å². The van der Waals surface area contributed by atoms with Crippen LogP contribution in [0.5, 0.6) is 11.5 Å². The Morgan fingerprint density at radius 3 is 2.76 bits per heavy atom. The molecule has 0 radical (unpaired) electrons. The van der Waals surface area contributed by atoms with E-state index in [1.54, 1.807) is 19.2 Å². The summed E-state index contributed by atoms with van der Waals surface area (Å²) in [5.41, 5.74) is 1.40. The van der Waals surface area contributed by atoms with E-state index in [-0.39, 0.29) is 12.4 Å². The molecule has 7 heteroatoms. The minimum atomic E-state index is -0.848. The summed E-state index contributed by atoms with van der Waals surface area (Å²) in [5.74, 6) is 1.26. The van der Waals surface area contributed by atoms with Gasteiger partial charge in [-0.15, -0.1) is 0 Å². The average molecular weight is 346 g/mol. The summed E-state index contributed by atoms with van der Waals surface area (Å²) in [6, 6.07) is 3.53. The van der Waals surface area contributed by atoms with Crippen LogP contribution in [0.4, 0.5) is 4.79 Å². The summed E-state index contributed by atoms with van der Waals surface area (Å²) < 4.78 is 10.9. The van der Waals surface area contributed by atoms with Crippen LogP contribution in [0.25, 0.3) is 6.08 Å². The molecule has 0 aliphatic carbocycles. The number of hydrogen-bond acceptors (Lipinski definition) is 5. The van der Waals surface area contributed by atoms with E-state index in [1.807, 2.05) is 12.2 Å². The van der Waals surface area contributed by atoms with Gasteiger partial charge in [-0.2, -0.15) is 0 Å². The first-order valence-electron chi connectivity index (χ1n) is 8.34. The Morgan fingerprint density at radius 1 is 1.32 bits per heavy atom. The van der Waals surface area contributed by atoms with E-state index in [9.17, 15) is 9.59 Å². The fraction of sp³-hybridized carbons (Fsp3) is 0.444. The number of ketones is 1. The smallest absolute Gasteiger partial charge is 0.407 e. The van der Waals surface area contributed by atoms with Gasteiger partial charge in [0, 0.05) is 32.7 Å². The van der Waals surface area contributed by atoms with Crippen LogP contribution in [0.2, 0.25) is 0 Å². The third-order valence-corrected chi connectivity index (χ3v) is 4.56. The molecule has 25 heavy (non-hydrogen) atoms. The van der Waals surface area contributed by atoms with Crippen LogP contribution in [-0.4, -0.2) is 73.2 Å². The zero-order valence-electron chi connectivity index (χ0n) is 14.2. The van der Waals surface area contributed by atoms with Crippen molar-refractivity contribution in [3.63, 3.8) is 0 Å². The molecule has 7 nitrogen and oxygen atoms in total.